The summed E-state index contributed by atoms with van der Waals surface area (Å²) in [5.74, 6) is -5.76. The van der Waals surface area contributed by atoms with E-state index < -0.39 is 36.1 Å². The van der Waals surface area contributed by atoms with E-state index >= 15 is 0 Å². The number of rotatable bonds is 9. The summed E-state index contributed by atoms with van der Waals surface area (Å²) in [5.41, 5.74) is 1.29. The Morgan fingerprint density at radius 2 is 0.967 bits per heavy atom. The van der Waals surface area contributed by atoms with E-state index in [2.05, 4.69) is 0 Å². The van der Waals surface area contributed by atoms with Crippen molar-refractivity contribution in [3.05, 3.63) is 83.9 Å². The lowest BCUT2D eigenvalue weighted by molar-refractivity contribution is -0.183. The first-order valence-electron chi connectivity index (χ1n) is 8.70. The summed E-state index contributed by atoms with van der Waals surface area (Å²) in [6, 6.07) is 17.2. The first-order valence-corrected chi connectivity index (χ1v) is 8.70. The zero-order valence-electron chi connectivity index (χ0n) is 15.6. The molecular weight excluding hydrogens is 392 g/mol. The van der Waals surface area contributed by atoms with Crippen LogP contribution >= 0.6 is 0 Å². The molecule has 0 saturated heterocycles. The predicted octanol–water partition coefficient (Wildman–Crippen LogP) is 2.41. The average Bonchev–Trinajstić information content (AvgIpc) is 2.74. The number of aliphatic carboxylic acids is 2. The van der Waals surface area contributed by atoms with E-state index in [0.29, 0.717) is 11.1 Å². The molecule has 0 aliphatic carbocycles. The number of carboxylic acid groups (broad SMARTS) is 2. The smallest absolute Gasteiger partial charge is 0.349 e. The van der Waals surface area contributed by atoms with Gasteiger partial charge < -0.3 is 19.7 Å². The molecule has 0 radical (unpaired) electrons. The Kier molecular flexibility index (Phi) is 8.07. The van der Waals surface area contributed by atoms with Crippen LogP contribution in [-0.2, 0) is 28.7 Å². The number of hydrogen-bond acceptors (Lipinski definition) is 6. The zero-order chi connectivity index (χ0) is 21.9. The molecule has 0 amide bonds. The summed E-state index contributed by atoms with van der Waals surface area (Å²) in [6.45, 7) is 0. The minimum atomic E-state index is -2.23. The van der Waals surface area contributed by atoms with Gasteiger partial charge in [-0.1, -0.05) is 60.7 Å². The molecule has 8 nitrogen and oxygen atoms in total. The molecule has 0 spiro atoms. The minimum Gasteiger partial charge on any atom is -0.478 e. The predicted molar refractivity (Wildman–Crippen MR) is 106 cm³/mol. The van der Waals surface area contributed by atoms with Crippen LogP contribution in [0.15, 0.2) is 72.8 Å². The maximum atomic E-state index is 11.9. The minimum absolute atomic E-state index is 0.647. The van der Waals surface area contributed by atoms with Crippen LogP contribution in [0.25, 0.3) is 12.2 Å². The van der Waals surface area contributed by atoms with Crippen molar-refractivity contribution in [2.75, 3.05) is 0 Å². The van der Waals surface area contributed by atoms with Gasteiger partial charge in [-0.3, -0.25) is 0 Å². The maximum absolute atomic E-state index is 11.9. The quantitative estimate of drug-likeness (QED) is 0.477. The second kappa shape index (κ2) is 11.0. The standard InChI is InChI=1S/C22H18O8/c23-17(13-11-15-7-3-1-4-8-15)29-19(21(25)26)20(22(27)28)30-18(24)14-12-16-9-5-2-6-10-16/h1-14,19-20H,(H,25,26)(H,27,28)/b13-11+,14-12+/t19-,20-/m0/s1. The van der Waals surface area contributed by atoms with Crippen molar-refractivity contribution in [3.63, 3.8) is 0 Å². The summed E-state index contributed by atoms with van der Waals surface area (Å²) in [4.78, 5) is 46.8. The fraction of sp³-hybridized carbons (Fsp3) is 0.0909. The Morgan fingerprint density at radius 3 is 1.27 bits per heavy atom. The molecule has 0 saturated carbocycles. The largest absolute Gasteiger partial charge is 0.478 e. The van der Waals surface area contributed by atoms with E-state index in [1.807, 2.05) is 0 Å². The summed E-state index contributed by atoms with van der Waals surface area (Å²) in [7, 11) is 0. The second-order valence-corrected chi connectivity index (χ2v) is 5.88. The number of ether oxygens (including phenoxy) is 2. The SMILES string of the molecule is O=C(/C=C/c1ccccc1)O[C@H](C(=O)O)[C@H](OC(=O)/C=C/c1ccccc1)C(=O)O. The molecule has 2 rings (SSSR count). The van der Waals surface area contributed by atoms with Crippen LogP contribution in [0, 0.1) is 0 Å². The third-order valence-corrected chi connectivity index (χ3v) is 3.67. The van der Waals surface area contributed by atoms with Gasteiger partial charge in [-0.25, -0.2) is 19.2 Å². The van der Waals surface area contributed by atoms with Crippen LogP contribution < -0.4 is 0 Å². The van der Waals surface area contributed by atoms with Crippen molar-refractivity contribution in [1.82, 2.24) is 0 Å². The highest BCUT2D eigenvalue weighted by Gasteiger charge is 2.40. The fourth-order valence-electron chi connectivity index (χ4n) is 2.27. The van der Waals surface area contributed by atoms with Crippen molar-refractivity contribution in [3.8, 4) is 0 Å². The molecule has 8 heteroatoms. The number of carbonyl (C=O) groups is 4. The Bertz CT molecular complexity index is 868. The van der Waals surface area contributed by atoms with Gasteiger partial charge in [0.15, 0.2) is 0 Å². The molecule has 2 atom stereocenters. The number of carbonyl (C=O) groups excluding carboxylic acids is 2. The van der Waals surface area contributed by atoms with E-state index in [1.54, 1.807) is 60.7 Å². The van der Waals surface area contributed by atoms with Crippen LogP contribution in [0.4, 0.5) is 0 Å². The van der Waals surface area contributed by atoms with Crippen LogP contribution in [0.5, 0.6) is 0 Å². The highest BCUT2D eigenvalue weighted by molar-refractivity contribution is 5.93. The fourth-order valence-corrected chi connectivity index (χ4v) is 2.27. The van der Waals surface area contributed by atoms with Crippen LogP contribution in [0.2, 0.25) is 0 Å². The van der Waals surface area contributed by atoms with Crippen LogP contribution in [0.1, 0.15) is 11.1 Å². The van der Waals surface area contributed by atoms with Gasteiger partial charge in [0.05, 0.1) is 0 Å². The number of esters is 2. The molecular formula is C22H18O8. The second-order valence-electron chi connectivity index (χ2n) is 5.88. The van der Waals surface area contributed by atoms with Gasteiger partial charge >= 0.3 is 23.9 Å². The third kappa shape index (κ3) is 7.08. The molecule has 0 fully saturated rings. The highest BCUT2D eigenvalue weighted by atomic mass is 16.6. The summed E-state index contributed by atoms with van der Waals surface area (Å²) < 4.78 is 9.43. The molecule has 2 N–H and O–H groups in total. The van der Waals surface area contributed by atoms with Crippen molar-refractivity contribution >= 4 is 36.0 Å². The highest BCUT2D eigenvalue weighted by Crippen LogP contribution is 2.10. The Hall–Kier alpha value is -4.20. The molecule has 0 bridgehead atoms. The number of benzene rings is 2. The number of carboxylic acids is 2. The lowest BCUT2D eigenvalue weighted by atomic mass is 10.2. The van der Waals surface area contributed by atoms with Crippen molar-refractivity contribution in [2.45, 2.75) is 12.2 Å². The molecule has 0 aliphatic heterocycles. The maximum Gasteiger partial charge on any atom is 0.349 e. The summed E-state index contributed by atoms with van der Waals surface area (Å²) >= 11 is 0. The molecule has 2 aromatic carbocycles. The van der Waals surface area contributed by atoms with Crippen LogP contribution in [0.3, 0.4) is 0 Å². The molecule has 0 aromatic heterocycles. The van der Waals surface area contributed by atoms with Crippen molar-refractivity contribution in [2.24, 2.45) is 0 Å². The van der Waals surface area contributed by atoms with Crippen LogP contribution in [-0.4, -0.2) is 46.3 Å². The normalized spacial score (nSPS) is 12.9. The van der Waals surface area contributed by atoms with Gasteiger partial charge in [0.25, 0.3) is 0 Å². The van der Waals surface area contributed by atoms with Gasteiger partial charge in [-0.15, -0.1) is 0 Å². The van der Waals surface area contributed by atoms with Gasteiger partial charge in [0.1, 0.15) is 0 Å². The molecule has 0 heterocycles. The topological polar surface area (TPSA) is 127 Å². The zero-order valence-corrected chi connectivity index (χ0v) is 15.6. The van der Waals surface area contributed by atoms with Gasteiger partial charge in [0.2, 0.25) is 12.2 Å². The van der Waals surface area contributed by atoms with Gasteiger partial charge in [-0.05, 0) is 23.3 Å². The summed E-state index contributed by atoms with van der Waals surface area (Å²) in [6.07, 6.45) is 0.161. The summed E-state index contributed by atoms with van der Waals surface area (Å²) in [5, 5.41) is 18.5. The molecule has 0 unspecified atom stereocenters. The molecule has 2 aromatic rings. The van der Waals surface area contributed by atoms with E-state index in [1.165, 1.54) is 12.2 Å². The molecule has 0 aliphatic rings. The Morgan fingerprint density at radius 1 is 0.633 bits per heavy atom. The van der Waals surface area contributed by atoms with E-state index in [9.17, 15) is 29.4 Å². The Labute approximate surface area is 171 Å². The number of hydrogen-bond donors (Lipinski definition) is 2. The molecule has 30 heavy (non-hydrogen) atoms. The molecule has 154 valence electrons. The monoisotopic (exact) mass is 410 g/mol. The van der Waals surface area contributed by atoms with E-state index in [4.69, 9.17) is 9.47 Å². The van der Waals surface area contributed by atoms with Crippen molar-refractivity contribution < 1.29 is 38.9 Å². The van der Waals surface area contributed by atoms with E-state index in [0.717, 1.165) is 12.2 Å². The average molecular weight is 410 g/mol. The van der Waals surface area contributed by atoms with Gasteiger partial charge in [0, 0.05) is 12.2 Å². The van der Waals surface area contributed by atoms with Crippen molar-refractivity contribution in [1.29, 1.82) is 0 Å². The lowest BCUT2D eigenvalue weighted by Crippen LogP contribution is -2.45. The van der Waals surface area contributed by atoms with Gasteiger partial charge in [-0.2, -0.15) is 0 Å². The first kappa shape index (κ1) is 22.1. The lowest BCUT2D eigenvalue weighted by Gasteiger charge is -2.19. The Balaban J connectivity index is 2.07. The third-order valence-electron chi connectivity index (χ3n) is 3.67. The first-order chi connectivity index (χ1) is 14.4. The van der Waals surface area contributed by atoms with E-state index in [-0.39, 0.29) is 0 Å².